The normalized spacial score (nSPS) is 11.6. The van der Waals surface area contributed by atoms with Crippen molar-refractivity contribution in [2.24, 2.45) is 0 Å². The summed E-state index contributed by atoms with van der Waals surface area (Å²) >= 11 is 0. The number of hydrogen-bond acceptors (Lipinski definition) is 1. The summed E-state index contributed by atoms with van der Waals surface area (Å²) in [6, 6.07) is 102. The van der Waals surface area contributed by atoms with E-state index >= 15 is 0 Å². The molecule has 67 heavy (non-hydrogen) atoms. The van der Waals surface area contributed by atoms with Crippen molar-refractivity contribution >= 4 is 49.6 Å². The minimum Gasteiger partial charge on any atom is -0.310 e. The Morgan fingerprint density at radius 2 is 0.776 bits per heavy atom. The third kappa shape index (κ3) is 6.99. The van der Waals surface area contributed by atoms with Crippen LogP contribution in [0, 0.1) is 0 Å². The number of hydrogen-bond donors (Lipinski definition) is 0. The molecule has 316 valence electrons. The molecule has 12 rings (SSSR count). The smallest absolute Gasteiger partial charge is 0.0701 e. The lowest BCUT2D eigenvalue weighted by atomic mass is 9.65. The lowest BCUT2D eigenvalue weighted by Crippen LogP contribution is -2.30. The highest BCUT2D eigenvalue weighted by Gasteiger charge is 2.38. The summed E-state index contributed by atoms with van der Waals surface area (Å²) in [6.07, 6.45) is 0. The fourth-order valence-electron chi connectivity index (χ4n) is 10.5. The van der Waals surface area contributed by atoms with Crippen molar-refractivity contribution in [3.8, 4) is 27.9 Å². The van der Waals surface area contributed by atoms with Crippen molar-refractivity contribution in [2.75, 3.05) is 4.90 Å². The van der Waals surface area contributed by atoms with Crippen LogP contribution in [0.2, 0.25) is 0 Å². The number of aromatic nitrogens is 1. The average molecular weight is 855 g/mol. The Morgan fingerprint density at radius 1 is 0.284 bits per heavy atom. The van der Waals surface area contributed by atoms with Gasteiger partial charge in [-0.15, -0.1) is 0 Å². The molecule has 0 saturated heterocycles. The highest BCUT2D eigenvalue weighted by atomic mass is 15.1. The van der Waals surface area contributed by atoms with Gasteiger partial charge in [-0.05, 0) is 110 Å². The predicted octanol–water partition coefficient (Wildman–Crippen LogP) is 17.1. The summed E-state index contributed by atoms with van der Waals surface area (Å²) in [5.41, 5.74) is 15.8. The molecular weight excluding hydrogens is 809 g/mol. The SMILES string of the molecule is c1ccc(-n2c3ccccc3c3ccc(N(c4ccc(-c5cccc6ccccc56)cc4)c4cccc(-c5ccc(C(c6ccccc6)(c6ccccc6)c6ccccc6)cc5)c4)cc32)cc1. The van der Waals surface area contributed by atoms with Crippen LogP contribution in [0.4, 0.5) is 17.1 Å². The second-order valence-corrected chi connectivity index (χ2v) is 17.3. The molecule has 0 aliphatic rings. The minimum absolute atomic E-state index is 0.514. The van der Waals surface area contributed by atoms with E-state index in [1.54, 1.807) is 0 Å². The second-order valence-electron chi connectivity index (χ2n) is 17.3. The Labute approximate surface area is 391 Å². The molecule has 0 radical (unpaired) electrons. The van der Waals surface area contributed by atoms with Crippen LogP contribution in [0.25, 0.3) is 60.5 Å². The zero-order valence-corrected chi connectivity index (χ0v) is 37.0. The second kappa shape index (κ2) is 17.0. The van der Waals surface area contributed by atoms with Gasteiger partial charge >= 0.3 is 0 Å². The Balaban J connectivity index is 1.00. The fourth-order valence-corrected chi connectivity index (χ4v) is 10.5. The molecule has 1 heterocycles. The van der Waals surface area contributed by atoms with Gasteiger partial charge in [0.05, 0.1) is 16.4 Å². The molecule has 0 saturated carbocycles. The first kappa shape index (κ1) is 39.8. The maximum Gasteiger partial charge on any atom is 0.0701 e. The molecule has 0 unspecified atom stereocenters. The van der Waals surface area contributed by atoms with Crippen molar-refractivity contribution in [3.05, 3.63) is 301 Å². The minimum atomic E-state index is -0.514. The lowest BCUT2D eigenvalue weighted by molar-refractivity contribution is 0.745. The maximum absolute atomic E-state index is 2.41. The Bertz CT molecular complexity index is 3550. The van der Waals surface area contributed by atoms with Gasteiger partial charge in [0.25, 0.3) is 0 Å². The van der Waals surface area contributed by atoms with Gasteiger partial charge in [0.2, 0.25) is 0 Å². The number of rotatable bonds is 10. The number of benzene rings is 11. The van der Waals surface area contributed by atoms with Gasteiger partial charge in [-0.25, -0.2) is 0 Å². The largest absolute Gasteiger partial charge is 0.310 e. The zero-order chi connectivity index (χ0) is 44.6. The first-order valence-electron chi connectivity index (χ1n) is 23.1. The van der Waals surface area contributed by atoms with Crippen molar-refractivity contribution in [2.45, 2.75) is 5.41 Å². The Kier molecular flexibility index (Phi) is 10.1. The molecule has 0 bridgehead atoms. The van der Waals surface area contributed by atoms with Gasteiger partial charge in [-0.3, -0.25) is 0 Å². The Morgan fingerprint density at radius 3 is 1.45 bits per heavy atom. The van der Waals surface area contributed by atoms with Crippen LogP contribution in [0.1, 0.15) is 22.3 Å². The van der Waals surface area contributed by atoms with Crippen LogP contribution in [0.5, 0.6) is 0 Å². The monoisotopic (exact) mass is 854 g/mol. The molecule has 12 aromatic rings. The topological polar surface area (TPSA) is 8.17 Å². The van der Waals surface area contributed by atoms with E-state index < -0.39 is 5.41 Å². The predicted molar refractivity (Wildman–Crippen MR) is 282 cm³/mol. The quantitative estimate of drug-likeness (QED) is 0.124. The average Bonchev–Trinajstić information content (AvgIpc) is 3.74. The summed E-state index contributed by atoms with van der Waals surface area (Å²) in [5.74, 6) is 0. The van der Waals surface area contributed by atoms with Crippen LogP contribution >= 0.6 is 0 Å². The highest BCUT2D eigenvalue weighted by Crippen LogP contribution is 2.46. The number of anilines is 3. The Hall–Kier alpha value is -8.72. The molecule has 2 nitrogen and oxygen atoms in total. The van der Waals surface area contributed by atoms with Crippen molar-refractivity contribution in [3.63, 3.8) is 0 Å². The molecular formula is C65H46N2. The first-order valence-corrected chi connectivity index (χ1v) is 23.1. The zero-order valence-electron chi connectivity index (χ0n) is 37.0. The fraction of sp³-hybridized carbons (Fsp3) is 0.0154. The van der Waals surface area contributed by atoms with E-state index in [4.69, 9.17) is 0 Å². The van der Waals surface area contributed by atoms with Gasteiger partial charge < -0.3 is 9.47 Å². The van der Waals surface area contributed by atoms with Crippen molar-refractivity contribution in [1.29, 1.82) is 0 Å². The van der Waals surface area contributed by atoms with Crippen molar-refractivity contribution in [1.82, 2.24) is 4.57 Å². The molecule has 0 spiro atoms. The summed E-state index contributed by atoms with van der Waals surface area (Å²) in [4.78, 5) is 2.41. The van der Waals surface area contributed by atoms with Crippen LogP contribution in [-0.2, 0) is 5.41 Å². The third-order valence-corrected chi connectivity index (χ3v) is 13.5. The summed E-state index contributed by atoms with van der Waals surface area (Å²) in [7, 11) is 0. The maximum atomic E-state index is 2.41. The van der Waals surface area contributed by atoms with Crippen molar-refractivity contribution < 1.29 is 0 Å². The molecule has 2 heteroatoms. The van der Waals surface area contributed by atoms with E-state index in [9.17, 15) is 0 Å². The van der Waals surface area contributed by atoms with E-state index in [0.717, 1.165) is 39.4 Å². The molecule has 0 atom stereocenters. The summed E-state index contributed by atoms with van der Waals surface area (Å²) in [5, 5.41) is 4.95. The highest BCUT2D eigenvalue weighted by molar-refractivity contribution is 6.10. The summed E-state index contributed by atoms with van der Waals surface area (Å²) in [6.45, 7) is 0. The molecule has 0 fully saturated rings. The molecule has 0 N–H and O–H groups in total. The van der Waals surface area contributed by atoms with E-state index in [0.29, 0.717) is 0 Å². The van der Waals surface area contributed by atoms with Crippen LogP contribution < -0.4 is 4.90 Å². The number of nitrogens with zero attached hydrogens (tertiary/aromatic N) is 2. The standard InChI is InChI=1S/C65H46N2/c1-5-22-51(23-6-1)65(52-24-7-2-8-25-52,53-26-9-3-10-27-53)54-39-35-47(36-40-54)50-21-17-30-57(45-50)66(56-41-37-49(38-42-56)60-33-18-20-48-19-13-14-31-59(48)60)58-43-44-62-61-32-15-16-34-63(61)67(64(62)46-58)55-28-11-4-12-29-55/h1-46H. The van der Waals surface area contributed by atoms with Crippen LogP contribution in [0.15, 0.2) is 279 Å². The molecule has 11 aromatic carbocycles. The first-order chi connectivity index (χ1) is 33.2. The lowest BCUT2D eigenvalue weighted by Gasteiger charge is -2.37. The van der Waals surface area contributed by atoms with E-state index in [1.807, 2.05) is 0 Å². The van der Waals surface area contributed by atoms with Gasteiger partial charge in [-0.1, -0.05) is 224 Å². The van der Waals surface area contributed by atoms with E-state index in [-0.39, 0.29) is 0 Å². The summed E-state index contributed by atoms with van der Waals surface area (Å²) < 4.78 is 2.40. The molecule has 0 amide bonds. The number of fused-ring (bicyclic) bond motifs is 4. The van der Waals surface area contributed by atoms with Crippen LogP contribution in [0.3, 0.4) is 0 Å². The third-order valence-electron chi connectivity index (χ3n) is 13.5. The van der Waals surface area contributed by atoms with Gasteiger partial charge in [0.1, 0.15) is 0 Å². The molecule has 1 aromatic heterocycles. The molecule has 0 aliphatic heterocycles. The van der Waals surface area contributed by atoms with E-state index in [2.05, 4.69) is 289 Å². The van der Waals surface area contributed by atoms with Gasteiger partial charge in [0, 0.05) is 33.5 Å². The van der Waals surface area contributed by atoms with E-state index in [1.165, 1.54) is 60.4 Å². The van der Waals surface area contributed by atoms with Gasteiger partial charge in [0.15, 0.2) is 0 Å². The molecule has 0 aliphatic carbocycles. The number of para-hydroxylation sites is 2. The van der Waals surface area contributed by atoms with Crippen LogP contribution in [-0.4, -0.2) is 4.57 Å². The van der Waals surface area contributed by atoms with Gasteiger partial charge in [-0.2, -0.15) is 0 Å².